The fraction of sp³-hybridized carbons (Fsp3) is 0.882. The van der Waals surface area contributed by atoms with Gasteiger partial charge >= 0.3 is 0 Å². The largest absolute Gasteiger partial charge is 0.381 e. The summed E-state index contributed by atoms with van der Waals surface area (Å²) in [6, 6.07) is 0. The topological polar surface area (TPSA) is 69.2 Å². The summed E-state index contributed by atoms with van der Waals surface area (Å²) in [5, 5.41) is 6.67. The second-order valence-electron chi connectivity index (χ2n) is 6.65. The molecule has 0 atom stereocenters. The predicted octanol–water partition coefficient (Wildman–Crippen LogP) is 0.750. The molecule has 1 saturated carbocycles. The number of piperazine rings is 1. The molecule has 146 valence electrons. The van der Waals surface area contributed by atoms with Gasteiger partial charge in [0.05, 0.1) is 0 Å². The highest BCUT2D eigenvalue weighted by molar-refractivity contribution is 14.0. The van der Waals surface area contributed by atoms with Crippen LogP contribution in [0.25, 0.3) is 0 Å². The minimum Gasteiger partial charge on any atom is -0.381 e. The van der Waals surface area contributed by atoms with Crippen LogP contribution in [0.2, 0.25) is 0 Å². The van der Waals surface area contributed by atoms with Crippen molar-refractivity contribution in [2.24, 2.45) is 10.9 Å². The number of aliphatic imine (C=N–C) groups is 1. The average molecular weight is 467 g/mol. The van der Waals surface area contributed by atoms with Crippen LogP contribution in [0.4, 0.5) is 0 Å². The van der Waals surface area contributed by atoms with E-state index >= 15 is 0 Å². The Labute approximate surface area is 169 Å². The first kappa shape index (κ1) is 22.4. The van der Waals surface area contributed by atoms with E-state index in [2.05, 4.69) is 20.5 Å². The molecule has 2 fully saturated rings. The molecule has 0 aromatic rings. The number of carbonyl (C=O) groups is 1. The monoisotopic (exact) mass is 467 g/mol. The predicted molar refractivity (Wildman–Crippen MR) is 112 cm³/mol. The van der Waals surface area contributed by atoms with Gasteiger partial charge in [-0.3, -0.25) is 14.7 Å². The number of carbonyl (C=O) groups excluding carboxylic acids is 1. The van der Waals surface area contributed by atoms with Crippen LogP contribution in [-0.2, 0) is 9.53 Å². The molecule has 0 aromatic carbocycles. The minimum atomic E-state index is 0. The zero-order chi connectivity index (χ0) is 17.2. The van der Waals surface area contributed by atoms with Gasteiger partial charge in [0.1, 0.15) is 0 Å². The van der Waals surface area contributed by atoms with E-state index < -0.39 is 0 Å². The molecular formula is C17H34IN5O2. The van der Waals surface area contributed by atoms with Crippen molar-refractivity contribution in [3.63, 3.8) is 0 Å². The van der Waals surface area contributed by atoms with Crippen LogP contribution >= 0.6 is 24.0 Å². The van der Waals surface area contributed by atoms with Crippen LogP contribution in [-0.4, -0.2) is 87.7 Å². The van der Waals surface area contributed by atoms with Crippen LogP contribution in [0.3, 0.4) is 0 Å². The van der Waals surface area contributed by atoms with E-state index in [-0.39, 0.29) is 29.9 Å². The Morgan fingerprint density at radius 3 is 2.44 bits per heavy atom. The van der Waals surface area contributed by atoms with Crippen molar-refractivity contribution >= 4 is 35.8 Å². The standard InChI is InChI=1S/C17H33N5O2.HI/c1-15(23)22-11-9-21(10-12-22)8-7-20-17(18-2)19-6-3-13-24-14-16-4-5-16;/h16H,3-14H2,1-2H3,(H2,18,19,20);1H. The van der Waals surface area contributed by atoms with Crippen molar-refractivity contribution < 1.29 is 9.53 Å². The Morgan fingerprint density at radius 1 is 1.16 bits per heavy atom. The molecule has 1 aliphatic carbocycles. The van der Waals surface area contributed by atoms with Gasteiger partial charge in [0.15, 0.2) is 5.96 Å². The van der Waals surface area contributed by atoms with Crippen molar-refractivity contribution in [2.75, 3.05) is 66.1 Å². The lowest BCUT2D eigenvalue weighted by Gasteiger charge is -2.34. The third kappa shape index (κ3) is 9.60. The fourth-order valence-corrected chi connectivity index (χ4v) is 2.75. The molecule has 2 N–H and O–H groups in total. The lowest BCUT2D eigenvalue weighted by atomic mass is 10.3. The Morgan fingerprint density at radius 2 is 1.84 bits per heavy atom. The van der Waals surface area contributed by atoms with Crippen LogP contribution in [0.1, 0.15) is 26.2 Å². The summed E-state index contributed by atoms with van der Waals surface area (Å²) < 4.78 is 5.62. The lowest BCUT2D eigenvalue weighted by Crippen LogP contribution is -2.50. The SMILES string of the molecule is CN=C(NCCCOCC1CC1)NCCN1CCN(C(C)=O)CC1.I. The summed E-state index contributed by atoms with van der Waals surface area (Å²) in [6.07, 6.45) is 3.69. The smallest absolute Gasteiger partial charge is 0.219 e. The molecule has 0 aromatic heterocycles. The molecule has 2 rings (SSSR count). The van der Waals surface area contributed by atoms with E-state index in [0.29, 0.717) is 0 Å². The highest BCUT2D eigenvalue weighted by atomic mass is 127. The Kier molecular flexibility index (Phi) is 11.4. The summed E-state index contributed by atoms with van der Waals surface area (Å²) in [4.78, 5) is 19.8. The summed E-state index contributed by atoms with van der Waals surface area (Å²) in [6.45, 7) is 9.68. The van der Waals surface area contributed by atoms with Gasteiger partial charge in [-0.25, -0.2) is 0 Å². The number of rotatable bonds is 9. The molecule has 1 saturated heterocycles. The van der Waals surface area contributed by atoms with Crippen molar-refractivity contribution in [3.05, 3.63) is 0 Å². The third-order valence-corrected chi connectivity index (χ3v) is 4.57. The Balaban J connectivity index is 0.00000312. The zero-order valence-corrected chi connectivity index (χ0v) is 18.0. The molecule has 0 radical (unpaired) electrons. The first-order valence-corrected chi connectivity index (χ1v) is 9.19. The number of amides is 1. The maximum absolute atomic E-state index is 11.3. The number of hydrogen-bond acceptors (Lipinski definition) is 4. The normalized spacial score (nSPS) is 18.6. The summed E-state index contributed by atoms with van der Waals surface area (Å²) in [5.74, 6) is 1.86. The summed E-state index contributed by atoms with van der Waals surface area (Å²) >= 11 is 0. The van der Waals surface area contributed by atoms with E-state index in [9.17, 15) is 4.79 Å². The van der Waals surface area contributed by atoms with E-state index in [4.69, 9.17) is 4.74 Å². The van der Waals surface area contributed by atoms with Gasteiger partial charge in [0, 0.05) is 73.0 Å². The quantitative estimate of drug-likeness (QED) is 0.227. The summed E-state index contributed by atoms with van der Waals surface area (Å²) in [7, 11) is 1.80. The van der Waals surface area contributed by atoms with Crippen LogP contribution in [0, 0.1) is 5.92 Å². The number of guanidine groups is 1. The van der Waals surface area contributed by atoms with Gasteiger partial charge in [0.2, 0.25) is 5.91 Å². The maximum Gasteiger partial charge on any atom is 0.219 e. The molecular weight excluding hydrogens is 433 g/mol. The van der Waals surface area contributed by atoms with Gasteiger partial charge in [0.25, 0.3) is 0 Å². The molecule has 1 amide bonds. The van der Waals surface area contributed by atoms with Gasteiger partial charge in [-0.2, -0.15) is 0 Å². The van der Waals surface area contributed by atoms with E-state index in [1.807, 2.05) is 4.90 Å². The van der Waals surface area contributed by atoms with Gasteiger partial charge < -0.3 is 20.3 Å². The minimum absolute atomic E-state index is 0. The molecule has 2 aliphatic rings. The van der Waals surface area contributed by atoms with E-state index in [1.54, 1.807) is 14.0 Å². The Hall–Kier alpha value is -0.610. The second-order valence-corrected chi connectivity index (χ2v) is 6.65. The van der Waals surface area contributed by atoms with Crippen molar-refractivity contribution in [1.82, 2.24) is 20.4 Å². The molecule has 25 heavy (non-hydrogen) atoms. The molecule has 8 heteroatoms. The number of nitrogens with one attached hydrogen (secondary N) is 2. The number of nitrogens with zero attached hydrogens (tertiary/aromatic N) is 3. The van der Waals surface area contributed by atoms with Crippen molar-refractivity contribution in [3.8, 4) is 0 Å². The number of ether oxygens (including phenoxy) is 1. The van der Waals surface area contributed by atoms with E-state index in [1.165, 1.54) is 12.8 Å². The molecule has 0 unspecified atom stereocenters. The van der Waals surface area contributed by atoms with Crippen LogP contribution in [0.5, 0.6) is 0 Å². The van der Waals surface area contributed by atoms with Gasteiger partial charge in [-0.05, 0) is 25.2 Å². The highest BCUT2D eigenvalue weighted by Gasteiger charge is 2.20. The molecule has 1 heterocycles. The van der Waals surface area contributed by atoms with E-state index in [0.717, 1.165) is 77.3 Å². The summed E-state index contributed by atoms with van der Waals surface area (Å²) in [5.41, 5.74) is 0. The Bertz CT molecular complexity index is 410. The first-order chi connectivity index (χ1) is 11.7. The molecule has 7 nitrogen and oxygen atoms in total. The van der Waals surface area contributed by atoms with Gasteiger partial charge in [-0.15, -0.1) is 24.0 Å². The second kappa shape index (κ2) is 12.7. The van der Waals surface area contributed by atoms with Crippen molar-refractivity contribution in [2.45, 2.75) is 26.2 Å². The van der Waals surface area contributed by atoms with Crippen LogP contribution < -0.4 is 10.6 Å². The molecule has 0 bridgehead atoms. The number of hydrogen-bond donors (Lipinski definition) is 2. The lowest BCUT2D eigenvalue weighted by molar-refractivity contribution is -0.130. The third-order valence-electron chi connectivity index (χ3n) is 4.57. The molecule has 0 spiro atoms. The number of halogens is 1. The maximum atomic E-state index is 11.3. The molecule has 1 aliphatic heterocycles. The fourth-order valence-electron chi connectivity index (χ4n) is 2.75. The highest BCUT2D eigenvalue weighted by Crippen LogP contribution is 2.28. The van der Waals surface area contributed by atoms with Gasteiger partial charge in [-0.1, -0.05) is 0 Å². The average Bonchev–Trinajstić information content (AvgIpc) is 3.41. The first-order valence-electron chi connectivity index (χ1n) is 9.19. The van der Waals surface area contributed by atoms with Crippen molar-refractivity contribution in [1.29, 1.82) is 0 Å². The zero-order valence-electron chi connectivity index (χ0n) is 15.6. The van der Waals surface area contributed by atoms with Crippen LogP contribution in [0.15, 0.2) is 4.99 Å².